The van der Waals surface area contributed by atoms with Crippen LogP contribution < -0.4 is 10.5 Å². The van der Waals surface area contributed by atoms with Crippen molar-refractivity contribution < 1.29 is 8.42 Å². The van der Waals surface area contributed by atoms with Gasteiger partial charge in [0.05, 0.1) is 12.2 Å². The van der Waals surface area contributed by atoms with Crippen LogP contribution in [0.25, 0.3) is 0 Å². The van der Waals surface area contributed by atoms with E-state index in [0.717, 1.165) is 0 Å². The van der Waals surface area contributed by atoms with Crippen LogP contribution in [0.5, 0.6) is 0 Å². The van der Waals surface area contributed by atoms with E-state index in [1.165, 1.54) is 0 Å². The molecule has 0 aliphatic carbocycles. The average Bonchev–Trinajstić information content (AvgIpc) is 2.71. The summed E-state index contributed by atoms with van der Waals surface area (Å²) in [5.41, 5.74) is 6.75. The highest BCUT2D eigenvalue weighted by molar-refractivity contribution is 9.11. The Bertz CT molecular complexity index is 720. The summed E-state index contributed by atoms with van der Waals surface area (Å²) in [7, 11) is -1.91. The third kappa shape index (κ3) is 3.40. The second kappa shape index (κ2) is 5.84. The van der Waals surface area contributed by atoms with Crippen molar-refractivity contribution in [3.8, 4) is 0 Å². The summed E-state index contributed by atoms with van der Waals surface area (Å²) in [6.07, 6.45) is 1.75. The van der Waals surface area contributed by atoms with Gasteiger partial charge in [-0.15, -0.1) is 0 Å². The quantitative estimate of drug-likeness (QED) is 0.736. The molecule has 0 radical (unpaired) electrons. The molecule has 0 bridgehead atoms. The van der Waals surface area contributed by atoms with E-state index in [4.69, 9.17) is 5.73 Å². The van der Waals surface area contributed by atoms with Gasteiger partial charge >= 0.3 is 0 Å². The van der Waals surface area contributed by atoms with Gasteiger partial charge in [-0.05, 0) is 50.1 Å². The summed E-state index contributed by atoms with van der Waals surface area (Å²) in [6, 6.07) is 4.83. The van der Waals surface area contributed by atoms with E-state index in [2.05, 4.69) is 41.7 Å². The number of hydrogen-bond acceptors (Lipinski definition) is 4. The van der Waals surface area contributed by atoms with E-state index in [-0.39, 0.29) is 11.4 Å². The van der Waals surface area contributed by atoms with E-state index < -0.39 is 10.0 Å². The Hall–Kier alpha value is -0.900. The number of nitrogens with zero attached hydrogens (tertiary/aromatic N) is 2. The van der Waals surface area contributed by atoms with Crippen molar-refractivity contribution in [1.82, 2.24) is 14.5 Å². The molecule has 9 heteroatoms. The van der Waals surface area contributed by atoms with Gasteiger partial charge in [-0.3, -0.25) is 4.68 Å². The number of aryl methyl sites for hydroxylation is 1. The monoisotopic (exact) mass is 422 g/mol. The Balaban J connectivity index is 2.27. The zero-order chi connectivity index (χ0) is 14.9. The van der Waals surface area contributed by atoms with Gasteiger partial charge in [-0.1, -0.05) is 0 Å². The van der Waals surface area contributed by atoms with Gasteiger partial charge in [-0.2, -0.15) is 5.10 Å². The summed E-state index contributed by atoms with van der Waals surface area (Å²) in [4.78, 5) is 0.114. The first-order chi connectivity index (χ1) is 9.29. The number of hydrogen-bond donors (Lipinski definition) is 2. The van der Waals surface area contributed by atoms with Gasteiger partial charge < -0.3 is 5.73 Å². The van der Waals surface area contributed by atoms with Crippen LogP contribution in [0.3, 0.4) is 0 Å². The summed E-state index contributed by atoms with van der Waals surface area (Å²) in [5, 5.41) is 4.11. The molecule has 1 heterocycles. The fourth-order valence-corrected chi connectivity index (χ4v) is 5.25. The lowest BCUT2D eigenvalue weighted by molar-refractivity contribution is 0.578. The Morgan fingerprint density at radius 3 is 2.45 bits per heavy atom. The van der Waals surface area contributed by atoms with Crippen molar-refractivity contribution >= 4 is 47.6 Å². The van der Waals surface area contributed by atoms with Crippen LogP contribution in [0.15, 0.2) is 38.2 Å². The maximum Gasteiger partial charge on any atom is 0.243 e. The third-order valence-electron chi connectivity index (χ3n) is 2.50. The molecule has 0 aliphatic heterocycles. The maximum absolute atomic E-state index is 12.3. The number of aromatic nitrogens is 2. The lowest BCUT2D eigenvalue weighted by Gasteiger charge is -2.10. The molecule has 0 saturated carbocycles. The molecule has 0 fully saturated rings. The molecular formula is C11H12Br2N4O2S. The molecule has 0 atom stereocenters. The molecule has 20 heavy (non-hydrogen) atoms. The Morgan fingerprint density at radius 1 is 1.35 bits per heavy atom. The van der Waals surface area contributed by atoms with Crippen molar-refractivity contribution in [1.29, 1.82) is 0 Å². The molecule has 3 N–H and O–H groups in total. The summed E-state index contributed by atoms with van der Waals surface area (Å²) >= 11 is 6.43. The minimum Gasteiger partial charge on any atom is -0.399 e. The zero-order valence-corrected chi connectivity index (χ0v) is 14.5. The Morgan fingerprint density at radius 2 is 1.95 bits per heavy atom. The minimum atomic E-state index is -3.68. The van der Waals surface area contributed by atoms with E-state index in [0.29, 0.717) is 20.3 Å². The largest absolute Gasteiger partial charge is 0.399 e. The van der Waals surface area contributed by atoms with Crippen molar-refractivity contribution in [3.05, 3.63) is 39.0 Å². The Labute approximate surface area is 133 Å². The van der Waals surface area contributed by atoms with Gasteiger partial charge in [0.25, 0.3) is 0 Å². The SMILES string of the molecule is Cn1ccc(CNS(=O)(=O)c2c(Br)cc(N)cc2Br)n1. The number of anilines is 1. The van der Waals surface area contributed by atoms with Crippen LogP contribution in [0.2, 0.25) is 0 Å². The normalized spacial score (nSPS) is 11.8. The van der Waals surface area contributed by atoms with Crippen LogP contribution in [0, 0.1) is 0 Å². The second-order valence-corrected chi connectivity index (χ2v) is 7.53. The summed E-state index contributed by atoms with van der Waals surface area (Å²) in [5.74, 6) is 0. The summed E-state index contributed by atoms with van der Waals surface area (Å²) < 4.78 is 29.6. The standard InChI is InChI=1S/C11H12Br2N4O2S/c1-17-3-2-8(16-17)6-15-20(18,19)11-9(12)4-7(14)5-10(11)13/h2-5,15H,6,14H2,1H3. The van der Waals surface area contributed by atoms with Crippen molar-refractivity contribution in [3.63, 3.8) is 0 Å². The molecule has 108 valence electrons. The maximum atomic E-state index is 12.3. The number of rotatable bonds is 4. The first kappa shape index (κ1) is 15.5. The van der Waals surface area contributed by atoms with Crippen molar-refractivity contribution in [2.45, 2.75) is 11.4 Å². The second-order valence-electron chi connectivity index (χ2n) is 4.12. The van der Waals surface area contributed by atoms with Gasteiger partial charge in [0.1, 0.15) is 4.90 Å². The van der Waals surface area contributed by atoms with Gasteiger partial charge in [0, 0.05) is 27.9 Å². The first-order valence-electron chi connectivity index (χ1n) is 5.52. The number of sulfonamides is 1. The molecule has 6 nitrogen and oxygen atoms in total. The first-order valence-corrected chi connectivity index (χ1v) is 8.59. The molecule has 1 aromatic carbocycles. The van der Waals surface area contributed by atoms with Crippen molar-refractivity contribution in [2.75, 3.05) is 5.73 Å². The predicted octanol–water partition coefficient (Wildman–Crippen LogP) is 2.01. The highest BCUT2D eigenvalue weighted by Crippen LogP contribution is 2.32. The summed E-state index contributed by atoms with van der Waals surface area (Å²) in [6.45, 7) is 0.117. The molecule has 2 rings (SSSR count). The van der Waals surface area contributed by atoms with Gasteiger partial charge in [0.15, 0.2) is 0 Å². The molecule has 0 saturated heterocycles. The van der Waals surface area contributed by atoms with E-state index in [1.807, 2.05) is 0 Å². The smallest absolute Gasteiger partial charge is 0.243 e. The molecule has 2 aromatic rings. The number of nitrogens with two attached hydrogens (primary N) is 1. The number of halogens is 2. The highest BCUT2D eigenvalue weighted by Gasteiger charge is 2.21. The molecule has 0 amide bonds. The van der Waals surface area contributed by atoms with Crippen LogP contribution >= 0.6 is 31.9 Å². The highest BCUT2D eigenvalue weighted by atomic mass is 79.9. The average molecular weight is 424 g/mol. The van der Waals surface area contributed by atoms with Crippen LogP contribution in [-0.2, 0) is 23.6 Å². The molecule has 0 spiro atoms. The zero-order valence-electron chi connectivity index (χ0n) is 10.5. The van der Waals surface area contributed by atoms with E-state index >= 15 is 0 Å². The van der Waals surface area contributed by atoms with Crippen LogP contribution in [-0.4, -0.2) is 18.2 Å². The van der Waals surface area contributed by atoms with Crippen molar-refractivity contribution in [2.24, 2.45) is 7.05 Å². The van der Waals surface area contributed by atoms with E-state index in [9.17, 15) is 8.42 Å². The number of nitrogen functional groups attached to an aromatic ring is 1. The molecule has 0 aliphatic rings. The molecular weight excluding hydrogens is 412 g/mol. The van der Waals surface area contributed by atoms with E-state index in [1.54, 1.807) is 36.1 Å². The lowest BCUT2D eigenvalue weighted by atomic mass is 10.3. The fraction of sp³-hybridized carbons (Fsp3) is 0.182. The third-order valence-corrected chi connectivity index (χ3v) is 5.78. The Kier molecular flexibility index (Phi) is 4.52. The minimum absolute atomic E-state index is 0.114. The molecule has 1 aromatic heterocycles. The van der Waals surface area contributed by atoms with Crippen LogP contribution in [0.1, 0.15) is 5.69 Å². The van der Waals surface area contributed by atoms with Crippen LogP contribution in [0.4, 0.5) is 5.69 Å². The lowest BCUT2D eigenvalue weighted by Crippen LogP contribution is -2.24. The number of nitrogens with one attached hydrogen (secondary N) is 1. The topological polar surface area (TPSA) is 90.0 Å². The van der Waals surface area contributed by atoms with Gasteiger partial charge in [0.2, 0.25) is 10.0 Å². The fourth-order valence-electron chi connectivity index (χ4n) is 1.63. The van der Waals surface area contributed by atoms with Gasteiger partial charge in [-0.25, -0.2) is 13.1 Å². The number of benzene rings is 1. The molecule has 0 unspecified atom stereocenters. The predicted molar refractivity (Wildman–Crippen MR) is 83.5 cm³/mol.